The molecule has 0 aliphatic carbocycles. The number of thiazole rings is 1. The van der Waals surface area contributed by atoms with Crippen molar-refractivity contribution >= 4 is 33.7 Å². The molecule has 0 saturated carbocycles. The van der Waals surface area contributed by atoms with Crippen LogP contribution in [0.15, 0.2) is 35.7 Å². The smallest absolute Gasteiger partial charge is 0.264 e. The number of methoxy groups -OCH3 is 1. The largest absolute Gasteiger partial charge is 0.493 e. The Morgan fingerprint density at radius 1 is 1.20 bits per heavy atom. The monoisotopic (exact) mass is 374 g/mol. The lowest BCUT2D eigenvalue weighted by atomic mass is 10.2. The van der Waals surface area contributed by atoms with E-state index >= 15 is 0 Å². The first-order valence-electron chi connectivity index (χ1n) is 7.65. The molecule has 5 nitrogen and oxygen atoms in total. The number of nitrogens with one attached hydrogen (secondary N) is 1. The highest BCUT2D eigenvalue weighted by molar-refractivity contribution is 7.17. The summed E-state index contributed by atoms with van der Waals surface area (Å²) in [5.41, 5.74) is 1.94. The molecular weight excluding hydrogens is 356 g/mol. The van der Waals surface area contributed by atoms with Gasteiger partial charge in [-0.1, -0.05) is 6.07 Å². The molecule has 0 radical (unpaired) electrons. The second-order valence-electron chi connectivity index (χ2n) is 5.44. The lowest BCUT2D eigenvalue weighted by Crippen LogP contribution is -2.20. The highest BCUT2D eigenvalue weighted by Crippen LogP contribution is 2.30. The van der Waals surface area contributed by atoms with Gasteiger partial charge in [0, 0.05) is 10.3 Å². The number of benzene rings is 1. The van der Waals surface area contributed by atoms with Crippen molar-refractivity contribution in [1.82, 2.24) is 4.98 Å². The summed E-state index contributed by atoms with van der Waals surface area (Å²) in [6, 6.07) is 9.66. The Bertz CT molecular complexity index is 886. The van der Waals surface area contributed by atoms with Crippen LogP contribution in [0.5, 0.6) is 11.5 Å². The highest BCUT2D eigenvalue weighted by Gasteiger charge is 2.11. The molecule has 2 heterocycles. The molecule has 1 N–H and O–H groups in total. The van der Waals surface area contributed by atoms with Crippen LogP contribution >= 0.6 is 22.7 Å². The molecule has 1 amide bonds. The quantitative estimate of drug-likeness (QED) is 0.689. The number of amides is 1. The molecule has 2 aromatic heterocycles. The number of carbonyl (C=O) groups is 1. The zero-order valence-corrected chi connectivity index (χ0v) is 15.8. The van der Waals surface area contributed by atoms with Crippen molar-refractivity contribution in [2.75, 3.05) is 19.0 Å². The second kappa shape index (κ2) is 7.67. The van der Waals surface area contributed by atoms with Gasteiger partial charge in [-0.25, -0.2) is 4.98 Å². The molecule has 0 aliphatic heterocycles. The number of nitrogens with zero attached hydrogens (tertiary/aromatic N) is 1. The fourth-order valence-electron chi connectivity index (χ4n) is 2.21. The molecule has 1 aromatic carbocycles. The molecule has 0 saturated heterocycles. The number of carbonyl (C=O) groups excluding carboxylic acids is 1. The third kappa shape index (κ3) is 4.37. The molecule has 0 bridgehead atoms. The van der Waals surface area contributed by atoms with Crippen molar-refractivity contribution in [3.05, 3.63) is 46.2 Å². The lowest BCUT2D eigenvalue weighted by Gasteiger charge is -2.10. The fraction of sp³-hybridized carbons (Fsp3) is 0.222. The second-order valence-corrected chi connectivity index (χ2v) is 7.59. The number of aryl methyl sites for hydroxylation is 2. The zero-order valence-electron chi connectivity index (χ0n) is 14.2. The van der Waals surface area contributed by atoms with E-state index in [0.717, 1.165) is 16.1 Å². The molecule has 3 rings (SSSR count). The first-order valence-corrected chi connectivity index (χ1v) is 9.34. The van der Waals surface area contributed by atoms with Crippen molar-refractivity contribution in [2.45, 2.75) is 13.8 Å². The van der Waals surface area contributed by atoms with Crippen molar-refractivity contribution in [3.8, 4) is 22.1 Å². The van der Waals surface area contributed by atoms with Crippen LogP contribution in [-0.4, -0.2) is 24.6 Å². The van der Waals surface area contributed by atoms with Gasteiger partial charge in [-0.2, -0.15) is 0 Å². The molecule has 0 fully saturated rings. The third-order valence-electron chi connectivity index (χ3n) is 3.42. The van der Waals surface area contributed by atoms with E-state index in [0.29, 0.717) is 16.6 Å². The van der Waals surface area contributed by atoms with E-state index < -0.39 is 0 Å². The molecule has 0 unspecified atom stereocenters. The maximum Gasteiger partial charge on any atom is 0.264 e. The SMILES string of the molecule is COc1cc(C)ccc1OCC(=O)Nc1nc(-c2ccc(C)s2)cs1. The Hall–Kier alpha value is -2.38. The van der Waals surface area contributed by atoms with Gasteiger partial charge in [0.2, 0.25) is 0 Å². The predicted molar refractivity (Wildman–Crippen MR) is 102 cm³/mol. The topological polar surface area (TPSA) is 60.5 Å². The van der Waals surface area contributed by atoms with Gasteiger partial charge >= 0.3 is 0 Å². The van der Waals surface area contributed by atoms with Gasteiger partial charge in [0.05, 0.1) is 17.7 Å². The van der Waals surface area contributed by atoms with Gasteiger partial charge in [-0.05, 0) is 43.7 Å². The van der Waals surface area contributed by atoms with Crippen molar-refractivity contribution < 1.29 is 14.3 Å². The molecular formula is C18H18N2O3S2. The molecule has 0 spiro atoms. The average molecular weight is 374 g/mol. The fourth-order valence-corrected chi connectivity index (χ4v) is 3.84. The number of rotatable bonds is 6. The summed E-state index contributed by atoms with van der Waals surface area (Å²) < 4.78 is 10.8. The lowest BCUT2D eigenvalue weighted by molar-refractivity contribution is -0.118. The van der Waals surface area contributed by atoms with Gasteiger partial charge in [0.15, 0.2) is 23.2 Å². The summed E-state index contributed by atoms with van der Waals surface area (Å²) in [5, 5.41) is 5.26. The molecule has 0 aliphatic rings. The molecule has 25 heavy (non-hydrogen) atoms. The standard InChI is InChI=1S/C18H18N2O3S2/c1-11-4-6-14(15(8-11)22-3)23-9-17(21)20-18-19-13(10-24-18)16-7-5-12(2)25-16/h4-8,10H,9H2,1-3H3,(H,19,20,21). The summed E-state index contributed by atoms with van der Waals surface area (Å²) in [5.74, 6) is 0.889. The summed E-state index contributed by atoms with van der Waals surface area (Å²) in [4.78, 5) is 18.9. The van der Waals surface area contributed by atoms with E-state index in [4.69, 9.17) is 9.47 Å². The Morgan fingerprint density at radius 3 is 2.76 bits per heavy atom. The average Bonchev–Trinajstić information content (AvgIpc) is 3.22. The number of thiophene rings is 1. The number of hydrogen-bond acceptors (Lipinski definition) is 6. The van der Waals surface area contributed by atoms with E-state index in [1.54, 1.807) is 24.5 Å². The summed E-state index contributed by atoms with van der Waals surface area (Å²) in [7, 11) is 1.57. The first kappa shape index (κ1) is 17.4. The predicted octanol–water partition coefficient (Wildman–Crippen LogP) is 4.51. The zero-order chi connectivity index (χ0) is 17.8. The van der Waals surface area contributed by atoms with Gasteiger partial charge in [-0.3, -0.25) is 10.1 Å². The summed E-state index contributed by atoms with van der Waals surface area (Å²) >= 11 is 3.08. The third-order valence-corrected chi connectivity index (χ3v) is 5.20. The Kier molecular flexibility index (Phi) is 5.35. The molecule has 3 aromatic rings. The minimum Gasteiger partial charge on any atom is -0.493 e. The van der Waals surface area contributed by atoms with E-state index in [9.17, 15) is 4.79 Å². The van der Waals surface area contributed by atoms with Gasteiger partial charge in [-0.15, -0.1) is 22.7 Å². The number of hydrogen-bond donors (Lipinski definition) is 1. The van der Waals surface area contributed by atoms with Gasteiger partial charge < -0.3 is 9.47 Å². The van der Waals surface area contributed by atoms with Crippen LogP contribution in [0.3, 0.4) is 0 Å². The highest BCUT2D eigenvalue weighted by atomic mass is 32.1. The molecule has 7 heteroatoms. The Morgan fingerprint density at radius 2 is 2.04 bits per heavy atom. The van der Waals surface area contributed by atoms with Crippen molar-refractivity contribution in [1.29, 1.82) is 0 Å². The number of ether oxygens (including phenoxy) is 2. The number of aromatic nitrogens is 1. The minimum absolute atomic E-state index is 0.105. The van der Waals surface area contributed by atoms with Gasteiger partial charge in [0.1, 0.15) is 0 Å². The van der Waals surface area contributed by atoms with E-state index in [-0.39, 0.29) is 12.5 Å². The molecule has 130 valence electrons. The van der Waals surface area contributed by atoms with E-state index in [1.165, 1.54) is 16.2 Å². The van der Waals surface area contributed by atoms with Crippen LogP contribution in [-0.2, 0) is 4.79 Å². The van der Waals surface area contributed by atoms with E-state index in [2.05, 4.69) is 23.3 Å². The van der Waals surface area contributed by atoms with Crippen LogP contribution < -0.4 is 14.8 Å². The first-order chi connectivity index (χ1) is 12.0. The maximum atomic E-state index is 12.1. The van der Waals surface area contributed by atoms with Crippen LogP contribution in [0.25, 0.3) is 10.6 Å². The Balaban J connectivity index is 1.59. The van der Waals surface area contributed by atoms with Crippen LogP contribution in [0.1, 0.15) is 10.4 Å². The Labute approximate surface area is 154 Å². The van der Waals surface area contributed by atoms with Crippen molar-refractivity contribution in [3.63, 3.8) is 0 Å². The number of anilines is 1. The van der Waals surface area contributed by atoms with Crippen LogP contribution in [0, 0.1) is 13.8 Å². The summed E-state index contributed by atoms with van der Waals surface area (Å²) in [6.45, 7) is 3.92. The van der Waals surface area contributed by atoms with Crippen LogP contribution in [0.2, 0.25) is 0 Å². The maximum absolute atomic E-state index is 12.1. The van der Waals surface area contributed by atoms with Gasteiger partial charge in [0.25, 0.3) is 5.91 Å². The van der Waals surface area contributed by atoms with E-state index in [1.807, 2.05) is 30.5 Å². The van der Waals surface area contributed by atoms with Crippen LogP contribution in [0.4, 0.5) is 5.13 Å². The summed E-state index contributed by atoms with van der Waals surface area (Å²) in [6.07, 6.45) is 0. The van der Waals surface area contributed by atoms with Crippen molar-refractivity contribution in [2.24, 2.45) is 0 Å². The normalized spacial score (nSPS) is 10.5. The molecule has 0 atom stereocenters. The minimum atomic E-state index is -0.258.